The minimum absolute atomic E-state index is 0.552. The van der Waals surface area contributed by atoms with Crippen molar-refractivity contribution in [1.82, 2.24) is 0 Å². The van der Waals surface area contributed by atoms with Gasteiger partial charge in [-0.3, -0.25) is 0 Å². The molecule has 0 aliphatic heterocycles. The van der Waals surface area contributed by atoms with E-state index in [2.05, 4.69) is 34.7 Å². The van der Waals surface area contributed by atoms with Crippen molar-refractivity contribution in [3.8, 4) is 0 Å². The van der Waals surface area contributed by atoms with Crippen molar-refractivity contribution >= 4 is 45.2 Å². The zero-order chi connectivity index (χ0) is 9.42. The van der Waals surface area contributed by atoms with Gasteiger partial charge in [0.1, 0.15) is 11.3 Å². The van der Waals surface area contributed by atoms with Gasteiger partial charge in [-0.15, -0.1) is 11.6 Å². The first-order valence-corrected chi connectivity index (χ1v) is 5.56. The standard InChI is InChI=1S/C10H8ClIO/c1-6-2-8-3-7(5-11)4-9(12)10(8)13-6/h2-4H,5H2,1H3. The summed E-state index contributed by atoms with van der Waals surface area (Å²) >= 11 is 8.04. The topological polar surface area (TPSA) is 13.1 Å². The normalized spacial score (nSPS) is 11.0. The molecule has 0 spiro atoms. The molecule has 0 amide bonds. The van der Waals surface area contributed by atoms with Crippen LogP contribution in [0.5, 0.6) is 0 Å². The molecular formula is C10H8ClIO. The maximum Gasteiger partial charge on any atom is 0.147 e. The van der Waals surface area contributed by atoms with Crippen LogP contribution in [0, 0.1) is 10.5 Å². The third-order valence-corrected chi connectivity index (χ3v) is 3.02. The smallest absolute Gasteiger partial charge is 0.147 e. The zero-order valence-electron chi connectivity index (χ0n) is 7.10. The van der Waals surface area contributed by atoms with Crippen LogP contribution in [0.2, 0.25) is 0 Å². The van der Waals surface area contributed by atoms with E-state index in [1.54, 1.807) is 0 Å². The number of fused-ring (bicyclic) bond motifs is 1. The van der Waals surface area contributed by atoms with Crippen molar-refractivity contribution in [1.29, 1.82) is 0 Å². The molecule has 0 aliphatic carbocycles. The first-order chi connectivity index (χ1) is 6.20. The minimum atomic E-state index is 0.552. The number of benzene rings is 1. The molecule has 1 heterocycles. The fraction of sp³-hybridized carbons (Fsp3) is 0.200. The molecule has 1 aromatic heterocycles. The highest BCUT2D eigenvalue weighted by Gasteiger charge is 2.05. The number of furan rings is 1. The maximum atomic E-state index is 5.77. The quantitative estimate of drug-likeness (QED) is 0.571. The lowest BCUT2D eigenvalue weighted by atomic mass is 10.2. The van der Waals surface area contributed by atoms with E-state index in [0.717, 1.165) is 25.9 Å². The van der Waals surface area contributed by atoms with E-state index in [1.807, 2.05) is 13.0 Å². The number of rotatable bonds is 1. The first-order valence-electron chi connectivity index (χ1n) is 3.95. The first kappa shape index (κ1) is 9.34. The number of halogens is 2. The fourth-order valence-electron chi connectivity index (χ4n) is 1.37. The summed E-state index contributed by atoms with van der Waals surface area (Å²) < 4.78 is 6.67. The highest BCUT2D eigenvalue weighted by atomic mass is 127. The van der Waals surface area contributed by atoms with Gasteiger partial charge in [-0.25, -0.2) is 0 Å². The molecule has 0 bridgehead atoms. The Morgan fingerprint density at radius 1 is 1.38 bits per heavy atom. The van der Waals surface area contributed by atoms with Gasteiger partial charge in [-0.1, -0.05) is 0 Å². The van der Waals surface area contributed by atoms with Crippen molar-refractivity contribution < 1.29 is 4.42 Å². The van der Waals surface area contributed by atoms with Crippen molar-refractivity contribution in [2.24, 2.45) is 0 Å². The molecule has 0 saturated heterocycles. The van der Waals surface area contributed by atoms with Crippen LogP contribution in [-0.2, 0) is 5.88 Å². The van der Waals surface area contributed by atoms with E-state index >= 15 is 0 Å². The second-order valence-electron chi connectivity index (χ2n) is 2.99. The average Bonchev–Trinajstić information content (AvgIpc) is 2.46. The molecule has 3 heteroatoms. The van der Waals surface area contributed by atoms with Gasteiger partial charge in [-0.2, -0.15) is 0 Å². The Balaban J connectivity index is 2.75. The van der Waals surface area contributed by atoms with Gasteiger partial charge in [0.15, 0.2) is 0 Å². The Morgan fingerprint density at radius 3 is 2.85 bits per heavy atom. The minimum Gasteiger partial charge on any atom is -0.460 e. The van der Waals surface area contributed by atoms with E-state index < -0.39 is 0 Å². The van der Waals surface area contributed by atoms with Crippen LogP contribution < -0.4 is 0 Å². The van der Waals surface area contributed by atoms with Crippen molar-refractivity contribution in [3.63, 3.8) is 0 Å². The Labute approximate surface area is 95.2 Å². The van der Waals surface area contributed by atoms with Crippen molar-refractivity contribution in [3.05, 3.63) is 33.1 Å². The van der Waals surface area contributed by atoms with Gasteiger partial charge in [-0.05, 0) is 53.3 Å². The maximum absolute atomic E-state index is 5.77. The molecule has 1 nitrogen and oxygen atoms in total. The highest BCUT2D eigenvalue weighted by Crippen LogP contribution is 2.26. The molecule has 2 rings (SSSR count). The summed E-state index contributed by atoms with van der Waals surface area (Å²) in [7, 11) is 0. The lowest BCUT2D eigenvalue weighted by Crippen LogP contribution is -1.79. The summed E-state index contributed by atoms with van der Waals surface area (Å²) in [6.45, 7) is 1.95. The van der Waals surface area contributed by atoms with E-state index in [-0.39, 0.29) is 0 Å². The SMILES string of the molecule is Cc1cc2cc(CCl)cc(I)c2o1. The summed E-state index contributed by atoms with van der Waals surface area (Å²) in [5.74, 6) is 1.50. The molecule has 2 aromatic rings. The predicted octanol–water partition coefficient (Wildman–Crippen LogP) is 4.08. The third-order valence-electron chi connectivity index (χ3n) is 1.91. The van der Waals surface area contributed by atoms with E-state index in [0.29, 0.717) is 5.88 Å². The van der Waals surface area contributed by atoms with Crippen LogP contribution in [0.15, 0.2) is 22.6 Å². The van der Waals surface area contributed by atoms with E-state index in [9.17, 15) is 0 Å². The molecule has 13 heavy (non-hydrogen) atoms. The number of aryl methyl sites for hydroxylation is 1. The molecule has 0 N–H and O–H groups in total. The Hall–Kier alpha value is -0.220. The third kappa shape index (κ3) is 1.70. The van der Waals surface area contributed by atoms with Crippen LogP contribution in [0.3, 0.4) is 0 Å². The summed E-state index contributed by atoms with van der Waals surface area (Å²) in [6.07, 6.45) is 0. The van der Waals surface area contributed by atoms with Crippen molar-refractivity contribution in [2.75, 3.05) is 0 Å². The lowest BCUT2D eigenvalue weighted by molar-refractivity contribution is 0.576. The van der Waals surface area contributed by atoms with Crippen LogP contribution in [-0.4, -0.2) is 0 Å². The van der Waals surface area contributed by atoms with Gasteiger partial charge in [0.25, 0.3) is 0 Å². The van der Waals surface area contributed by atoms with Gasteiger partial charge in [0, 0.05) is 11.3 Å². The Morgan fingerprint density at radius 2 is 2.15 bits per heavy atom. The number of hydrogen-bond acceptors (Lipinski definition) is 1. The average molecular weight is 307 g/mol. The Bertz CT molecular complexity index is 447. The van der Waals surface area contributed by atoms with Gasteiger partial charge >= 0.3 is 0 Å². The van der Waals surface area contributed by atoms with Gasteiger partial charge in [0.2, 0.25) is 0 Å². The predicted molar refractivity (Wildman–Crippen MR) is 63.2 cm³/mol. The number of alkyl halides is 1. The monoisotopic (exact) mass is 306 g/mol. The summed E-state index contributed by atoms with van der Waals surface area (Å²) in [5.41, 5.74) is 2.10. The summed E-state index contributed by atoms with van der Waals surface area (Å²) in [4.78, 5) is 0. The second-order valence-corrected chi connectivity index (χ2v) is 4.42. The molecule has 0 aliphatic rings. The fourth-order valence-corrected chi connectivity index (χ4v) is 2.35. The van der Waals surface area contributed by atoms with Crippen molar-refractivity contribution in [2.45, 2.75) is 12.8 Å². The van der Waals surface area contributed by atoms with Gasteiger partial charge < -0.3 is 4.42 Å². The molecule has 1 aromatic carbocycles. The summed E-state index contributed by atoms with van der Waals surface area (Å²) in [5, 5.41) is 1.14. The molecular weight excluding hydrogens is 298 g/mol. The molecule has 0 saturated carbocycles. The molecule has 0 atom stereocenters. The van der Waals surface area contributed by atoms with Crippen LogP contribution in [0.1, 0.15) is 11.3 Å². The largest absolute Gasteiger partial charge is 0.460 e. The Kier molecular flexibility index (Phi) is 2.51. The highest BCUT2D eigenvalue weighted by molar-refractivity contribution is 14.1. The summed E-state index contributed by atoms with van der Waals surface area (Å²) in [6, 6.07) is 6.16. The number of hydrogen-bond donors (Lipinski definition) is 0. The molecule has 68 valence electrons. The van der Waals surface area contributed by atoms with Gasteiger partial charge in [0.05, 0.1) is 3.57 Å². The van der Waals surface area contributed by atoms with Crippen LogP contribution in [0.25, 0.3) is 11.0 Å². The zero-order valence-corrected chi connectivity index (χ0v) is 10.0. The molecule has 0 fully saturated rings. The molecule has 0 radical (unpaired) electrons. The van der Waals surface area contributed by atoms with Crippen LogP contribution >= 0.6 is 34.2 Å². The second kappa shape index (κ2) is 3.50. The lowest BCUT2D eigenvalue weighted by Gasteiger charge is -1.97. The van der Waals surface area contributed by atoms with E-state index in [4.69, 9.17) is 16.0 Å². The van der Waals surface area contributed by atoms with Crippen LogP contribution in [0.4, 0.5) is 0 Å². The van der Waals surface area contributed by atoms with E-state index in [1.165, 1.54) is 0 Å². The molecule has 0 unspecified atom stereocenters.